The molecule has 0 amide bonds. The monoisotopic (exact) mass is 422 g/mol. The van der Waals surface area contributed by atoms with Gasteiger partial charge in [0.15, 0.2) is 0 Å². The normalized spacial score (nSPS) is 11.1. The van der Waals surface area contributed by atoms with E-state index in [0.29, 0.717) is 23.5 Å². The van der Waals surface area contributed by atoms with Crippen molar-refractivity contribution in [1.82, 2.24) is 0 Å². The van der Waals surface area contributed by atoms with Crippen molar-refractivity contribution in [3.05, 3.63) is 95.8 Å². The van der Waals surface area contributed by atoms with Crippen LogP contribution in [-0.2, 0) is 11.4 Å². The predicted octanol–water partition coefficient (Wildman–Crippen LogP) is 5.35. The van der Waals surface area contributed by atoms with Crippen LogP contribution in [0, 0.1) is 5.82 Å². The maximum Gasteiger partial charge on any atom is 0.335 e. The van der Waals surface area contributed by atoms with Gasteiger partial charge in [0.2, 0.25) is 0 Å². The van der Waals surface area contributed by atoms with Gasteiger partial charge in [-0.3, -0.25) is 0 Å². The minimum Gasteiger partial charge on any atom is -0.490 e. The van der Waals surface area contributed by atoms with E-state index >= 15 is 0 Å². The van der Waals surface area contributed by atoms with Crippen LogP contribution < -0.4 is 14.2 Å². The van der Waals surface area contributed by atoms with Gasteiger partial charge in [0, 0.05) is 18.2 Å². The lowest BCUT2D eigenvalue weighted by Gasteiger charge is -2.13. The van der Waals surface area contributed by atoms with Crippen molar-refractivity contribution in [3.63, 3.8) is 0 Å². The maximum atomic E-state index is 14.0. The molecule has 0 spiro atoms. The number of para-hydroxylation sites is 1. The SMILES string of the molecule is CC=C(C(=O)O)c1ccccc1COc1cc(F)cc(OCCOc2ccccc2)c1. The molecule has 31 heavy (non-hydrogen) atoms. The summed E-state index contributed by atoms with van der Waals surface area (Å²) in [6, 6.07) is 20.5. The number of aliphatic carboxylic acids is 1. The third-order valence-corrected chi connectivity index (χ3v) is 4.43. The molecule has 1 N–H and O–H groups in total. The van der Waals surface area contributed by atoms with Crippen LogP contribution in [0.1, 0.15) is 18.1 Å². The number of benzene rings is 3. The number of carboxylic acid groups (broad SMARTS) is 1. The fourth-order valence-electron chi connectivity index (χ4n) is 3.00. The molecule has 0 aromatic heterocycles. The minimum absolute atomic E-state index is 0.0841. The van der Waals surface area contributed by atoms with E-state index in [-0.39, 0.29) is 24.5 Å². The van der Waals surface area contributed by atoms with Crippen molar-refractivity contribution >= 4 is 11.5 Å². The Morgan fingerprint density at radius 3 is 2.16 bits per heavy atom. The average Bonchev–Trinajstić information content (AvgIpc) is 2.77. The Balaban J connectivity index is 1.62. The Kier molecular flexibility index (Phi) is 7.65. The van der Waals surface area contributed by atoms with Crippen molar-refractivity contribution in [2.75, 3.05) is 13.2 Å². The quantitative estimate of drug-likeness (QED) is 0.352. The number of ether oxygens (including phenoxy) is 3. The van der Waals surface area contributed by atoms with Crippen LogP contribution in [0.25, 0.3) is 5.57 Å². The number of allylic oxidation sites excluding steroid dienone is 1. The molecule has 0 unspecified atom stereocenters. The molecule has 3 rings (SSSR count). The first-order valence-electron chi connectivity index (χ1n) is 9.78. The van der Waals surface area contributed by atoms with Gasteiger partial charge in [-0.15, -0.1) is 0 Å². The van der Waals surface area contributed by atoms with Crippen LogP contribution in [0.15, 0.2) is 78.9 Å². The van der Waals surface area contributed by atoms with Gasteiger partial charge < -0.3 is 19.3 Å². The highest BCUT2D eigenvalue weighted by Gasteiger charge is 2.14. The molecule has 160 valence electrons. The lowest BCUT2D eigenvalue weighted by Crippen LogP contribution is -2.09. The van der Waals surface area contributed by atoms with Crippen LogP contribution >= 0.6 is 0 Å². The number of carboxylic acids is 1. The number of halogens is 1. The van der Waals surface area contributed by atoms with Crippen LogP contribution in [0.2, 0.25) is 0 Å². The summed E-state index contributed by atoms with van der Waals surface area (Å²) in [5, 5.41) is 9.40. The summed E-state index contributed by atoms with van der Waals surface area (Å²) >= 11 is 0. The zero-order valence-corrected chi connectivity index (χ0v) is 17.1. The van der Waals surface area contributed by atoms with Crippen LogP contribution in [0.5, 0.6) is 17.2 Å². The molecule has 5 nitrogen and oxygen atoms in total. The Morgan fingerprint density at radius 2 is 1.48 bits per heavy atom. The Bertz CT molecular complexity index is 1050. The molecule has 0 fully saturated rings. The van der Waals surface area contributed by atoms with Gasteiger partial charge in [-0.2, -0.15) is 0 Å². The summed E-state index contributed by atoms with van der Waals surface area (Å²) in [4.78, 5) is 11.5. The summed E-state index contributed by atoms with van der Waals surface area (Å²) < 4.78 is 30.9. The fourth-order valence-corrected chi connectivity index (χ4v) is 3.00. The standard InChI is InChI=1S/C25H23FO5/c1-2-23(25(27)28)24-11-7-6-8-18(24)17-31-22-15-19(26)14-21(16-22)30-13-12-29-20-9-4-3-5-10-20/h2-11,14-16H,12-13,17H2,1H3,(H,27,28). The summed E-state index contributed by atoms with van der Waals surface area (Å²) in [7, 11) is 0. The molecule has 0 bridgehead atoms. The molecule has 6 heteroatoms. The number of hydrogen-bond acceptors (Lipinski definition) is 4. The fraction of sp³-hybridized carbons (Fsp3) is 0.160. The smallest absolute Gasteiger partial charge is 0.335 e. The van der Waals surface area contributed by atoms with Gasteiger partial charge in [-0.1, -0.05) is 48.5 Å². The topological polar surface area (TPSA) is 65.0 Å². The number of carbonyl (C=O) groups is 1. The lowest BCUT2D eigenvalue weighted by atomic mass is 10.00. The average molecular weight is 422 g/mol. The molecule has 0 atom stereocenters. The van der Waals surface area contributed by atoms with E-state index in [4.69, 9.17) is 14.2 Å². The number of hydrogen-bond donors (Lipinski definition) is 1. The summed E-state index contributed by atoms with van der Waals surface area (Å²) in [5.41, 5.74) is 1.42. The zero-order valence-electron chi connectivity index (χ0n) is 17.1. The second kappa shape index (κ2) is 10.8. The van der Waals surface area contributed by atoms with Crippen molar-refractivity contribution in [1.29, 1.82) is 0 Å². The molecule has 0 aliphatic heterocycles. The first-order valence-corrected chi connectivity index (χ1v) is 9.78. The predicted molar refractivity (Wildman–Crippen MR) is 116 cm³/mol. The second-order valence-corrected chi connectivity index (χ2v) is 6.59. The maximum absolute atomic E-state index is 14.0. The molecule has 0 aliphatic carbocycles. The highest BCUT2D eigenvalue weighted by Crippen LogP contribution is 2.25. The van der Waals surface area contributed by atoms with E-state index in [2.05, 4.69) is 0 Å². The van der Waals surface area contributed by atoms with Gasteiger partial charge >= 0.3 is 5.97 Å². The second-order valence-electron chi connectivity index (χ2n) is 6.59. The molecule has 0 heterocycles. The molecule has 0 aliphatic rings. The highest BCUT2D eigenvalue weighted by atomic mass is 19.1. The Morgan fingerprint density at radius 1 is 0.871 bits per heavy atom. The van der Waals surface area contributed by atoms with Crippen molar-refractivity contribution in [3.8, 4) is 17.2 Å². The van der Waals surface area contributed by atoms with Gasteiger partial charge in [-0.25, -0.2) is 9.18 Å². The van der Waals surface area contributed by atoms with E-state index in [9.17, 15) is 14.3 Å². The zero-order chi connectivity index (χ0) is 22.1. The third-order valence-electron chi connectivity index (χ3n) is 4.43. The van der Waals surface area contributed by atoms with E-state index < -0.39 is 11.8 Å². The highest BCUT2D eigenvalue weighted by molar-refractivity contribution is 6.15. The first kappa shape index (κ1) is 21.9. The van der Waals surface area contributed by atoms with Crippen LogP contribution in [0.3, 0.4) is 0 Å². The molecule has 0 radical (unpaired) electrons. The third kappa shape index (κ3) is 6.34. The molecule has 3 aromatic carbocycles. The van der Waals surface area contributed by atoms with E-state index in [1.807, 2.05) is 30.3 Å². The molecular formula is C25H23FO5. The Labute approximate surface area is 180 Å². The van der Waals surface area contributed by atoms with Crippen molar-refractivity contribution in [2.45, 2.75) is 13.5 Å². The summed E-state index contributed by atoms with van der Waals surface area (Å²) in [5.74, 6) is -0.181. The molecular weight excluding hydrogens is 399 g/mol. The summed E-state index contributed by atoms with van der Waals surface area (Å²) in [6.07, 6.45) is 1.53. The van der Waals surface area contributed by atoms with Crippen LogP contribution in [-0.4, -0.2) is 24.3 Å². The van der Waals surface area contributed by atoms with Crippen molar-refractivity contribution in [2.24, 2.45) is 0 Å². The van der Waals surface area contributed by atoms with Gasteiger partial charge in [0.1, 0.15) is 42.9 Å². The van der Waals surface area contributed by atoms with Crippen LogP contribution in [0.4, 0.5) is 4.39 Å². The van der Waals surface area contributed by atoms with E-state index in [0.717, 1.165) is 5.75 Å². The molecule has 0 saturated heterocycles. The molecule has 3 aromatic rings. The lowest BCUT2D eigenvalue weighted by molar-refractivity contribution is -0.130. The Hall–Kier alpha value is -3.80. The van der Waals surface area contributed by atoms with Crippen molar-refractivity contribution < 1.29 is 28.5 Å². The summed E-state index contributed by atoms with van der Waals surface area (Å²) in [6.45, 7) is 2.30. The van der Waals surface area contributed by atoms with Gasteiger partial charge in [-0.05, 0) is 30.2 Å². The van der Waals surface area contributed by atoms with E-state index in [1.165, 1.54) is 18.2 Å². The van der Waals surface area contributed by atoms with Gasteiger partial charge in [0.05, 0.1) is 5.57 Å². The van der Waals surface area contributed by atoms with E-state index in [1.54, 1.807) is 37.3 Å². The largest absolute Gasteiger partial charge is 0.490 e. The minimum atomic E-state index is -1.02. The number of rotatable bonds is 10. The molecule has 0 saturated carbocycles. The first-order chi connectivity index (χ1) is 15.1. The van der Waals surface area contributed by atoms with Gasteiger partial charge in [0.25, 0.3) is 0 Å².